The van der Waals surface area contributed by atoms with Gasteiger partial charge in [0.2, 0.25) is 0 Å². The first kappa shape index (κ1) is 15.6. The molecular formula is C17H21N3O3. The lowest BCUT2D eigenvalue weighted by Crippen LogP contribution is -2.55. The summed E-state index contributed by atoms with van der Waals surface area (Å²) in [6.45, 7) is 5.77. The summed E-state index contributed by atoms with van der Waals surface area (Å²) >= 11 is 0. The molecule has 1 saturated heterocycles. The minimum absolute atomic E-state index is 0.0958. The van der Waals surface area contributed by atoms with Gasteiger partial charge >= 0.3 is 0 Å². The molecule has 6 nitrogen and oxygen atoms in total. The minimum Gasteiger partial charge on any atom is -0.454 e. The maximum Gasteiger partial charge on any atom is 0.289 e. The van der Waals surface area contributed by atoms with E-state index in [1.807, 2.05) is 4.90 Å². The molecule has 1 amide bonds. The monoisotopic (exact) mass is 315 g/mol. The third-order valence-electron chi connectivity index (χ3n) is 3.94. The molecule has 1 aliphatic rings. The molecule has 0 saturated carbocycles. The van der Waals surface area contributed by atoms with Crippen LogP contribution in [0.1, 0.15) is 30.2 Å². The lowest BCUT2D eigenvalue weighted by Gasteiger charge is -2.35. The van der Waals surface area contributed by atoms with E-state index in [1.165, 1.54) is 6.07 Å². The van der Waals surface area contributed by atoms with E-state index in [4.69, 9.17) is 4.42 Å². The van der Waals surface area contributed by atoms with E-state index >= 15 is 0 Å². The molecule has 23 heavy (non-hydrogen) atoms. The Kier molecular flexibility index (Phi) is 4.34. The zero-order valence-electron chi connectivity index (χ0n) is 13.4. The molecule has 0 spiro atoms. The van der Waals surface area contributed by atoms with Crippen LogP contribution in [0.4, 0.5) is 0 Å². The number of piperazine rings is 1. The molecule has 3 rings (SSSR count). The number of rotatable bonds is 3. The highest BCUT2D eigenvalue weighted by Gasteiger charge is 2.27. The zero-order chi connectivity index (χ0) is 16.4. The van der Waals surface area contributed by atoms with Gasteiger partial charge in [-0.1, -0.05) is 6.07 Å². The number of furan rings is 1. The van der Waals surface area contributed by atoms with Gasteiger partial charge in [-0.2, -0.15) is 0 Å². The normalized spacial score (nSPS) is 21.4. The lowest BCUT2D eigenvalue weighted by atomic mass is 10.1. The Bertz CT molecular complexity index is 739. The summed E-state index contributed by atoms with van der Waals surface area (Å²) in [7, 11) is 0. The number of nitrogens with one attached hydrogen (secondary N) is 1. The molecule has 1 N–H and O–H groups in total. The van der Waals surface area contributed by atoms with Gasteiger partial charge in [0.1, 0.15) is 5.76 Å². The lowest BCUT2D eigenvalue weighted by molar-refractivity contribution is 0.0640. The standard InChI is InChI=1S/C17H21N3O3/c1-12-9-20(10-13(2)18-12)17(22)15-7-6-14(23-15)11-19-8-4-3-5-16(19)21/h3-8,12-13,18H,9-11H2,1-2H3/t12-,13-/m1/s1. The second-order valence-electron chi connectivity index (χ2n) is 6.11. The second kappa shape index (κ2) is 6.42. The Morgan fingerprint density at radius 2 is 1.96 bits per heavy atom. The molecule has 3 heterocycles. The molecule has 2 aromatic rings. The third-order valence-corrected chi connectivity index (χ3v) is 3.94. The number of carbonyl (C=O) groups is 1. The van der Waals surface area contributed by atoms with Gasteiger partial charge in [-0.3, -0.25) is 9.59 Å². The summed E-state index contributed by atoms with van der Waals surface area (Å²) in [5.41, 5.74) is -0.0958. The molecule has 1 fully saturated rings. The number of nitrogens with zero attached hydrogens (tertiary/aromatic N) is 2. The van der Waals surface area contributed by atoms with Crippen molar-refractivity contribution in [2.75, 3.05) is 13.1 Å². The first-order chi connectivity index (χ1) is 11.0. The summed E-state index contributed by atoms with van der Waals surface area (Å²) in [4.78, 5) is 26.1. The topological polar surface area (TPSA) is 67.5 Å². The second-order valence-corrected chi connectivity index (χ2v) is 6.11. The van der Waals surface area contributed by atoms with Gasteiger partial charge in [0.05, 0.1) is 6.54 Å². The predicted molar refractivity (Wildman–Crippen MR) is 86.5 cm³/mol. The molecular weight excluding hydrogens is 294 g/mol. The van der Waals surface area contributed by atoms with Crippen LogP contribution < -0.4 is 10.9 Å². The molecule has 122 valence electrons. The van der Waals surface area contributed by atoms with E-state index in [-0.39, 0.29) is 23.6 Å². The van der Waals surface area contributed by atoms with Crippen LogP contribution in [0.15, 0.2) is 45.7 Å². The summed E-state index contributed by atoms with van der Waals surface area (Å²) in [5.74, 6) is 0.819. The van der Waals surface area contributed by atoms with Crippen LogP contribution >= 0.6 is 0 Å². The van der Waals surface area contributed by atoms with Gasteiger partial charge in [-0.25, -0.2) is 0 Å². The molecule has 0 aromatic carbocycles. The van der Waals surface area contributed by atoms with Gasteiger partial charge in [0.15, 0.2) is 5.76 Å². The Balaban J connectivity index is 1.73. The van der Waals surface area contributed by atoms with Crippen molar-refractivity contribution in [3.05, 3.63) is 58.4 Å². The fourth-order valence-electron chi connectivity index (χ4n) is 2.99. The van der Waals surface area contributed by atoms with Crippen LogP contribution in [-0.4, -0.2) is 40.5 Å². The van der Waals surface area contributed by atoms with Crippen molar-refractivity contribution >= 4 is 5.91 Å². The molecule has 2 atom stereocenters. The van der Waals surface area contributed by atoms with Crippen molar-refractivity contribution < 1.29 is 9.21 Å². The van der Waals surface area contributed by atoms with Crippen LogP contribution in [0.2, 0.25) is 0 Å². The molecule has 0 unspecified atom stereocenters. The Hall–Kier alpha value is -2.34. The van der Waals surface area contributed by atoms with Gasteiger partial charge in [-0.15, -0.1) is 0 Å². The molecule has 1 aliphatic heterocycles. The Morgan fingerprint density at radius 1 is 1.22 bits per heavy atom. The maximum atomic E-state index is 12.6. The largest absolute Gasteiger partial charge is 0.454 e. The fraction of sp³-hybridized carbons (Fsp3) is 0.412. The van der Waals surface area contributed by atoms with E-state index in [9.17, 15) is 9.59 Å². The average Bonchev–Trinajstić information content (AvgIpc) is 2.96. The highest BCUT2D eigenvalue weighted by molar-refractivity contribution is 5.91. The number of hydrogen-bond donors (Lipinski definition) is 1. The van der Waals surface area contributed by atoms with Crippen molar-refractivity contribution in [2.24, 2.45) is 0 Å². The van der Waals surface area contributed by atoms with Gasteiger partial charge < -0.3 is 19.2 Å². The number of carbonyl (C=O) groups excluding carboxylic acids is 1. The van der Waals surface area contributed by atoms with E-state index in [2.05, 4.69) is 19.2 Å². The molecule has 6 heteroatoms. The SMILES string of the molecule is C[C@@H]1CN(C(=O)c2ccc(Cn3ccccc3=O)o2)C[C@@H](C)N1. The summed E-state index contributed by atoms with van der Waals surface area (Å²) in [6, 6.07) is 8.95. The van der Waals surface area contributed by atoms with Crippen molar-refractivity contribution in [3.63, 3.8) is 0 Å². The van der Waals surface area contributed by atoms with Crippen LogP contribution in [0, 0.1) is 0 Å². The van der Waals surface area contributed by atoms with Crippen molar-refractivity contribution in [3.8, 4) is 0 Å². The summed E-state index contributed by atoms with van der Waals surface area (Å²) in [6.07, 6.45) is 1.70. The van der Waals surface area contributed by atoms with Crippen LogP contribution in [0.25, 0.3) is 0 Å². The quantitative estimate of drug-likeness (QED) is 0.927. The van der Waals surface area contributed by atoms with Gasteiger partial charge in [0, 0.05) is 37.4 Å². The van der Waals surface area contributed by atoms with Gasteiger partial charge in [0.25, 0.3) is 11.5 Å². The fourth-order valence-corrected chi connectivity index (χ4v) is 2.99. The summed E-state index contributed by atoms with van der Waals surface area (Å²) < 4.78 is 7.20. The van der Waals surface area contributed by atoms with E-state index in [0.717, 1.165) is 0 Å². The van der Waals surface area contributed by atoms with Crippen molar-refractivity contribution in [1.29, 1.82) is 0 Å². The summed E-state index contributed by atoms with van der Waals surface area (Å²) in [5, 5.41) is 3.40. The molecule has 2 aromatic heterocycles. The minimum atomic E-state index is -0.100. The first-order valence-corrected chi connectivity index (χ1v) is 7.82. The van der Waals surface area contributed by atoms with Crippen LogP contribution in [-0.2, 0) is 6.54 Å². The van der Waals surface area contributed by atoms with Crippen molar-refractivity contribution in [1.82, 2.24) is 14.8 Å². The highest BCUT2D eigenvalue weighted by atomic mass is 16.4. The Labute approximate surface area is 134 Å². The zero-order valence-corrected chi connectivity index (χ0v) is 13.4. The Morgan fingerprint density at radius 3 is 2.65 bits per heavy atom. The number of pyridine rings is 1. The first-order valence-electron chi connectivity index (χ1n) is 7.82. The van der Waals surface area contributed by atoms with E-state index in [1.54, 1.807) is 35.0 Å². The molecule has 0 bridgehead atoms. The predicted octanol–water partition coefficient (Wildman–Crippen LogP) is 1.31. The number of aromatic nitrogens is 1. The molecule has 0 radical (unpaired) electrons. The average molecular weight is 315 g/mol. The third kappa shape index (κ3) is 3.53. The van der Waals surface area contributed by atoms with Gasteiger partial charge in [-0.05, 0) is 32.0 Å². The van der Waals surface area contributed by atoms with E-state index in [0.29, 0.717) is 31.2 Å². The number of amides is 1. The maximum absolute atomic E-state index is 12.6. The van der Waals surface area contributed by atoms with E-state index < -0.39 is 0 Å². The van der Waals surface area contributed by atoms with Crippen LogP contribution in [0.3, 0.4) is 0 Å². The van der Waals surface area contributed by atoms with Crippen LogP contribution in [0.5, 0.6) is 0 Å². The van der Waals surface area contributed by atoms with Crippen molar-refractivity contribution in [2.45, 2.75) is 32.5 Å². The number of hydrogen-bond acceptors (Lipinski definition) is 4. The molecule has 0 aliphatic carbocycles. The smallest absolute Gasteiger partial charge is 0.289 e. The highest BCUT2D eigenvalue weighted by Crippen LogP contribution is 2.14.